The Kier molecular flexibility index (Phi) is 7.02. The van der Waals surface area contributed by atoms with Crippen molar-refractivity contribution < 1.29 is 4.21 Å². The van der Waals surface area contributed by atoms with Gasteiger partial charge in [-0.3, -0.25) is 5.14 Å². The molecule has 13 heteroatoms. The van der Waals surface area contributed by atoms with E-state index in [2.05, 4.69) is 20.3 Å². The predicted octanol–water partition coefficient (Wildman–Crippen LogP) is 0.166. The molecule has 1 heterocycles. The third-order valence-corrected chi connectivity index (χ3v) is 6.83. The van der Waals surface area contributed by atoms with Crippen LogP contribution < -0.4 is 38.4 Å². The quantitative estimate of drug-likeness (QED) is 0.0820. The van der Waals surface area contributed by atoms with Crippen molar-refractivity contribution in [3.8, 4) is 11.1 Å². The molecule has 0 spiro atoms. The third kappa shape index (κ3) is 4.35. The topological polar surface area (TPSA) is 196 Å². The lowest BCUT2D eigenvalue weighted by atomic mass is 9.98. The maximum atomic E-state index is 12.7. The van der Waals surface area contributed by atoms with Gasteiger partial charge in [0.2, 0.25) is 0 Å². The normalized spacial score (nSPS) is 13.0. The van der Waals surface area contributed by atoms with Gasteiger partial charge in [-0.1, -0.05) is 29.5 Å². The van der Waals surface area contributed by atoms with Crippen molar-refractivity contribution in [2.75, 3.05) is 18.8 Å². The van der Waals surface area contributed by atoms with Crippen LogP contribution in [0, 0.1) is 0 Å². The van der Waals surface area contributed by atoms with Crippen molar-refractivity contribution in [2.45, 2.75) is 9.79 Å². The van der Waals surface area contributed by atoms with Crippen molar-refractivity contribution in [1.82, 2.24) is 15.2 Å². The maximum absolute atomic E-state index is 12.7. The fourth-order valence-electron chi connectivity index (χ4n) is 2.84. The number of hydrazone groups is 1. The fraction of sp³-hybridized carbons (Fsp3) is 0.125. The minimum absolute atomic E-state index is 0.0910. The molecule has 1 aromatic heterocycles. The molecule has 0 fully saturated rings. The van der Waals surface area contributed by atoms with Crippen LogP contribution >= 0.6 is 23.3 Å². The Balaban J connectivity index is 2.29. The van der Waals surface area contributed by atoms with Gasteiger partial charge < -0.3 is 17.2 Å². The highest BCUT2D eigenvalue weighted by atomic mass is 32.2. The summed E-state index contributed by atoms with van der Waals surface area (Å²) in [5, 5.41) is 10.3. The van der Waals surface area contributed by atoms with Crippen molar-refractivity contribution >= 4 is 55.5 Å². The molecule has 0 bridgehead atoms. The van der Waals surface area contributed by atoms with Gasteiger partial charge >= 0.3 is 0 Å². The van der Waals surface area contributed by atoms with Gasteiger partial charge in [-0.15, -0.1) is 5.10 Å². The summed E-state index contributed by atoms with van der Waals surface area (Å²) in [6, 6.07) is 9.26. The zero-order valence-corrected chi connectivity index (χ0v) is 17.7. The zero-order chi connectivity index (χ0) is 21.0. The van der Waals surface area contributed by atoms with Crippen molar-refractivity contribution in [1.29, 1.82) is 0 Å². The van der Waals surface area contributed by atoms with Crippen LogP contribution in [0.2, 0.25) is 0 Å². The summed E-state index contributed by atoms with van der Waals surface area (Å²) >= 11 is 2.31. The summed E-state index contributed by atoms with van der Waals surface area (Å²) < 4.78 is 16.5. The number of anilines is 1. The molecular weight excluding hydrogens is 430 g/mol. The van der Waals surface area contributed by atoms with Gasteiger partial charge in [0.15, 0.2) is 11.0 Å². The number of amidine groups is 1. The smallest absolute Gasteiger partial charge is 0.181 e. The van der Waals surface area contributed by atoms with Gasteiger partial charge in [-0.05, 0) is 29.6 Å². The molecular formula is C16H21N9OS3. The van der Waals surface area contributed by atoms with Crippen LogP contribution in [0.4, 0.5) is 5.13 Å². The summed E-state index contributed by atoms with van der Waals surface area (Å²) in [6.07, 6.45) is 0. The van der Waals surface area contributed by atoms with Crippen LogP contribution in [0.5, 0.6) is 0 Å². The van der Waals surface area contributed by atoms with E-state index >= 15 is 0 Å². The second kappa shape index (κ2) is 9.49. The summed E-state index contributed by atoms with van der Waals surface area (Å²) in [6.45, 7) is 0.722. The highest BCUT2D eigenvalue weighted by molar-refractivity contribution is 7.97. The first-order valence-corrected chi connectivity index (χ1v) is 11.2. The number of nitrogens with one attached hydrogen (secondary N) is 2. The average molecular weight is 452 g/mol. The van der Waals surface area contributed by atoms with E-state index in [1.165, 1.54) is 11.3 Å². The largest absolute Gasteiger partial charge is 0.382 e. The van der Waals surface area contributed by atoms with Crippen LogP contribution in [0.15, 0.2) is 45.2 Å². The van der Waals surface area contributed by atoms with E-state index in [-0.39, 0.29) is 5.84 Å². The predicted molar refractivity (Wildman–Crippen MR) is 121 cm³/mol. The van der Waals surface area contributed by atoms with Crippen LogP contribution in [0.1, 0.15) is 5.56 Å². The van der Waals surface area contributed by atoms with E-state index in [1.807, 2.05) is 18.2 Å². The standard InChI is InChI=1S/C16H21N9OS3/c17-6-7-22-29(26)11-5-4-8(12(14(11)28-21)15(18)24-25-20)9-2-1-3-10-13(9)23-16(19)27-10/h1-5,22,25H,6-7,17,20-21H2,(H2,18,24)(H2,19,23). The molecule has 0 aliphatic heterocycles. The summed E-state index contributed by atoms with van der Waals surface area (Å²) in [5.41, 5.74) is 22.5. The Morgan fingerprint density at radius 2 is 2.07 bits per heavy atom. The second-order valence-electron chi connectivity index (χ2n) is 5.72. The van der Waals surface area contributed by atoms with Crippen LogP contribution in [0.3, 0.4) is 0 Å². The van der Waals surface area contributed by atoms with Crippen molar-refractivity contribution in [3.05, 3.63) is 35.9 Å². The minimum atomic E-state index is -1.54. The molecule has 0 radical (unpaired) electrons. The van der Waals surface area contributed by atoms with Gasteiger partial charge in [0, 0.05) is 24.2 Å². The van der Waals surface area contributed by atoms with E-state index < -0.39 is 11.0 Å². The molecule has 12 N–H and O–H groups in total. The first-order valence-electron chi connectivity index (χ1n) is 8.35. The van der Waals surface area contributed by atoms with E-state index in [9.17, 15) is 4.21 Å². The van der Waals surface area contributed by atoms with E-state index in [0.717, 1.165) is 27.7 Å². The molecule has 29 heavy (non-hydrogen) atoms. The molecule has 2 aromatic carbocycles. The van der Waals surface area contributed by atoms with Crippen molar-refractivity contribution in [3.63, 3.8) is 0 Å². The van der Waals surface area contributed by atoms with E-state index in [0.29, 0.717) is 39.1 Å². The molecule has 1 unspecified atom stereocenters. The Hall–Kier alpha value is -2.26. The molecule has 3 rings (SSSR count). The number of rotatable bonds is 8. The summed E-state index contributed by atoms with van der Waals surface area (Å²) in [5.74, 6) is 5.43. The van der Waals surface area contributed by atoms with Crippen LogP contribution in [-0.2, 0) is 11.0 Å². The number of thiazole rings is 1. The van der Waals surface area contributed by atoms with E-state index in [4.69, 9.17) is 28.2 Å². The molecule has 3 aromatic rings. The van der Waals surface area contributed by atoms with Gasteiger partial charge in [-0.2, -0.15) is 0 Å². The summed E-state index contributed by atoms with van der Waals surface area (Å²) in [4.78, 5) is 5.41. The highest BCUT2D eigenvalue weighted by Gasteiger charge is 2.22. The number of hydrogen-bond acceptors (Lipinski definition) is 10. The molecule has 10 nitrogen and oxygen atoms in total. The number of benzene rings is 2. The Labute approximate surface area is 178 Å². The number of hydrazine groups is 1. The molecule has 0 saturated carbocycles. The first-order chi connectivity index (χ1) is 14.0. The average Bonchev–Trinajstić information content (AvgIpc) is 3.11. The lowest BCUT2D eigenvalue weighted by molar-refractivity contribution is 0.670. The Morgan fingerprint density at radius 1 is 1.28 bits per heavy atom. The molecule has 0 aliphatic carbocycles. The van der Waals surface area contributed by atoms with Crippen LogP contribution in [0.25, 0.3) is 21.3 Å². The SMILES string of the molecule is NCCNS(=O)c1ccc(-c2cccc3sc(N)nc23)c(/C(N)=N/NN)c1SN. The number of para-hydroxylation sites is 1. The van der Waals surface area contributed by atoms with E-state index in [1.54, 1.807) is 12.1 Å². The van der Waals surface area contributed by atoms with Gasteiger partial charge in [-0.25, -0.2) is 25.3 Å². The number of nitrogens with zero attached hydrogens (tertiary/aromatic N) is 2. The molecule has 0 saturated heterocycles. The van der Waals surface area contributed by atoms with Gasteiger partial charge in [0.05, 0.1) is 20.0 Å². The van der Waals surface area contributed by atoms with Gasteiger partial charge in [0.1, 0.15) is 11.0 Å². The lowest BCUT2D eigenvalue weighted by Crippen LogP contribution is -2.27. The number of fused-ring (bicyclic) bond motifs is 1. The fourth-order valence-corrected chi connectivity index (χ4v) is 5.41. The Bertz CT molecular complexity index is 1080. The van der Waals surface area contributed by atoms with Gasteiger partial charge in [0.25, 0.3) is 0 Å². The minimum Gasteiger partial charge on any atom is -0.382 e. The molecule has 0 aliphatic rings. The lowest BCUT2D eigenvalue weighted by Gasteiger charge is -2.17. The summed E-state index contributed by atoms with van der Waals surface area (Å²) in [7, 11) is -1.54. The molecule has 154 valence electrons. The Morgan fingerprint density at radius 3 is 2.76 bits per heavy atom. The number of nitrogen functional groups attached to an aromatic ring is 1. The third-order valence-electron chi connectivity index (χ3n) is 3.98. The zero-order valence-electron chi connectivity index (χ0n) is 15.2. The first kappa shape index (κ1) is 21.4. The maximum Gasteiger partial charge on any atom is 0.181 e. The number of nitrogens with two attached hydrogens (primary N) is 5. The molecule has 1 atom stereocenters. The monoisotopic (exact) mass is 451 g/mol. The molecule has 0 amide bonds. The van der Waals surface area contributed by atoms with Crippen molar-refractivity contribution in [2.24, 2.45) is 27.6 Å². The number of aromatic nitrogens is 1. The number of hydrogen-bond donors (Lipinski definition) is 7. The van der Waals surface area contributed by atoms with Crippen LogP contribution in [-0.4, -0.2) is 28.1 Å². The highest BCUT2D eigenvalue weighted by Crippen LogP contribution is 2.38. The second-order valence-corrected chi connectivity index (χ2v) is 8.69.